The van der Waals surface area contributed by atoms with Gasteiger partial charge in [0.1, 0.15) is 5.76 Å². The minimum Gasteiger partial charge on any atom is -0.457 e. The first kappa shape index (κ1) is 15.8. The summed E-state index contributed by atoms with van der Waals surface area (Å²) in [5, 5.41) is 4.66. The zero-order valence-electron chi connectivity index (χ0n) is 15.4. The number of carbonyl (C=O) groups is 1. The first-order valence-electron chi connectivity index (χ1n) is 8.94. The summed E-state index contributed by atoms with van der Waals surface area (Å²) >= 11 is 0. The van der Waals surface area contributed by atoms with Gasteiger partial charge >= 0.3 is 0 Å². The van der Waals surface area contributed by atoms with Gasteiger partial charge in [0.2, 0.25) is 0 Å². The highest BCUT2D eigenvalue weighted by atomic mass is 16.3. The maximum atomic E-state index is 11.8. The maximum absolute atomic E-state index is 11.8. The molecule has 2 heterocycles. The number of aromatic nitrogens is 2. The number of aryl methyl sites for hydroxylation is 2. The fourth-order valence-corrected chi connectivity index (χ4v) is 4.01. The van der Waals surface area contributed by atoms with E-state index in [9.17, 15) is 4.79 Å². The third-order valence-corrected chi connectivity index (χ3v) is 5.27. The number of benzene rings is 3. The molecule has 0 amide bonds. The minimum atomic E-state index is -0.00263. The van der Waals surface area contributed by atoms with Crippen LogP contribution in [0.4, 0.5) is 0 Å². The van der Waals surface area contributed by atoms with Gasteiger partial charge in [0.25, 0.3) is 0 Å². The molecule has 3 aromatic carbocycles. The lowest BCUT2D eigenvalue weighted by molar-refractivity contribution is 0.101. The molecule has 0 saturated carbocycles. The molecule has 132 valence electrons. The molecular weight excluding hydrogens is 336 g/mol. The number of rotatable bonds is 2. The van der Waals surface area contributed by atoms with E-state index in [2.05, 4.69) is 41.0 Å². The van der Waals surface area contributed by atoms with Crippen LogP contribution in [0.3, 0.4) is 0 Å². The number of furan rings is 1. The van der Waals surface area contributed by atoms with Crippen LogP contribution in [-0.4, -0.2) is 15.3 Å². The Morgan fingerprint density at radius 3 is 2.19 bits per heavy atom. The van der Waals surface area contributed by atoms with Crippen molar-refractivity contribution in [1.82, 2.24) is 9.55 Å². The van der Waals surface area contributed by atoms with Crippen LogP contribution in [0.1, 0.15) is 23.0 Å². The van der Waals surface area contributed by atoms with E-state index >= 15 is 0 Å². The molecule has 5 rings (SSSR count). The number of hydrogen-bond acceptors (Lipinski definition) is 3. The standard InChI is InChI=1S/C23H18N2O2/c1-13(26)19-12-20(27-14(19)2)23-24-21-17-10-6-4-8-15(17)16-9-5-7-11-18(16)22(21)25(23)3/h4-12H,1-3H3. The molecule has 0 aliphatic rings. The lowest BCUT2D eigenvalue weighted by Gasteiger charge is -2.07. The Balaban J connectivity index is 1.94. The zero-order chi connectivity index (χ0) is 18.7. The summed E-state index contributed by atoms with van der Waals surface area (Å²) < 4.78 is 7.95. The van der Waals surface area contributed by atoms with Gasteiger partial charge in [-0.3, -0.25) is 4.79 Å². The summed E-state index contributed by atoms with van der Waals surface area (Å²) in [5.41, 5.74) is 2.62. The van der Waals surface area contributed by atoms with Crippen molar-refractivity contribution >= 4 is 38.4 Å². The van der Waals surface area contributed by atoms with E-state index in [4.69, 9.17) is 9.40 Å². The maximum Gasteiger partial charge on any atom is 0.177 e. The Hall–Kier alpha value is -3.40. The normalized spacial score (nSPS) is 11.7. The highest BCUT2D eigenvalue weighted by molar-refractivity contribution is 6.23. The Kier molecular flexibility index (Phi) is 3.25. The average molecular weight is 354 g/mol. The highest BCUT2D eigenvalue weighted by Gasteiger charge is 2.20. The topological polar surface area (TPSA) is 48.0 Å². The summed E-state index contributed by atoms with van der Waals surface area (Å²) in [6.07, 6.45) is 0. The molecular formula is C23H18N2O2. The zero-order valence-corrected chi connectivity index (χ0v) is 15.4. The van der Waals surface area contributed by atoms with E-state index in [1.165, 1.54) is 10.8 Å². The SMILES string of the molecule is CC(=O)c1cc(-c2nc3c4ccccc4c4ccccc4c3n2C)oc1C. The predicted octanol–water partition coefficient (Wildman–Crippen LogP) is 5.65. The molecule has 4 nitrogen and oxygen atoms in total. The van der Waals surface area contributed by atoms with Gasteiger partial charge in [0.05, 0.1) is 16.6 Å². The molecule has 5 aromatic rings. The Labute approximate surface area is 156 Å². The van der Waals surface area contributed by atoms with Crippen LogP contribution in [0.25, 0.3) is 44.2 Å². The fraction of sp³-hybridized carbons (Fsp3) is 0.130. The second kappa shape index (κ2) is 5.55. The van der Waals surface area contributed by atoms with E-state index in [1.807, 2.05) is 26.1 Å². The van der Waals surface area contributed by atoms with Gasteiger partial charge in [0.15, 0.2) is 17.4 Å². The van der Waals surface area contributed by atoms with Crippen molar-refractivity contribution in [2.24, 2.45) is 7.05 Å². The van der Waals surface area contributed by atoms with Crippen LogP contribution in [0.15, 0.2) is 59.0 Å². The molecule has 0 bridgehead atoms. The van der Waals surface area contributed by atoms with Gasteiger partial charge in [0, 0.05) is 17.8 Å². The van der Waals surface area contributed by atoms with Gasteiger partial charge in [-0.15, -0.1) is 0 Å². The third kappa shape index (κ3) is 2.16. The second-order valence-corrected chi connectivity index (χ2v) is 6.92. The van der Waals surface area contributed by atoms with Gasteiger partial charge in [-0.2, -0.15) is 0 Å². The molecule has 0 spiro atoms. The third-order valence-electron chi connectivity index (χ3n) is 5.27. The summed E-state index contributed by atoms with van der Waals surface area (Å²) in [6, 6.07) is 18.5. The molecule has 0 radical (unpaired) electrons. The van der Waals surface area contributed by atoms with Crippen molar-refractivity contribution in [3.8, 4) is 11.6 Å². The van der Waals surface area contributed by atoms with Crippen LogP contribution >= 0.6 is 0 Å². The largest absolute Gasteiger partial charge is 0.457 e. The Morgan fingerprint density at radius 2 is 1.56 bits per heavy atom. The Bertz CT molecular complexity index is 1370. The van der Waals surface area contributed by atoms with Crippen molar-refractivity contribution in [2.45, 2.75) is 13.8 Å². The first-order chi connectivity index (χ1) is 13.1. The van der Waals surface area contributed by atoms with Crippen molar-refractivity contribution < 1.29 is 9.21 Å². The Morgan fingerprint density at radius 1 is 0.963 bits per heavy atom. The lowest BCUT2D eigenvalue weighted by atomic mass is 10.00. The molecule has 0 N–H and O–H groups in total. The monoisotopic (exact) mass is 354 g/mol. The number of Topliss-reactive ketones (excluding diaryl/α,β-unsaturated/α-hetero) is 1. The number of carbonyl (C=O) groups excluding carboxylic acids is 1. The van der Waals surface area contributed by atoms with Gasteiger partial charge in [-0.1, -0.05) is 48.5 Å². The molecule has 0 aliphatic carbocycles. The van der Waals surface area contributed by atoms with Gasteiger partial charge < -0.3 is 8.98 Å². The predicted molar refractivity (Wildman–Crippen MR) is 108 cm³/mol. The quantitative estimate of drug-likeness (QED) is 0.304. The first-order valence-corrected chi connectivity index (χ1v) is 8.94. The number of nitrogens with zero attached hydrogens (tertiary/aromatic N) is 2. The molecule has 0 fully saturated rings. The van der Waals surface area contributed by atoms with Crippen molar-refractivity contribution in [2.75, 3.05) is 0 Å². The summed E-state index contributed by atoms with van der Waals surface area (Å²) in [6.45, 7) is 3.37. The van der Waals surface area contributed by atoms with E-state index in [-0.39, 0.29) is 5.78 Å². The molecule has 0 aliphatic heterocycles. The molecule has 2 aromatic heterocycles. The molecule has 0 unspecified atom stereocenters. The van der Waals surface area contributed by atoms with Crippen LogP contribution in [0.5, 0.6) is 0 Å². The smallest absolute Gasteiger partial charge is 0.177 e. The van der Waals surface area contributed by atoms with Crippen LogP contribution in [0, 0.1) is 6.92 Å². The number of hydrogen-bond donors (Lipinski definition) is 0. The van der Waals surface area contributed by atoms with Crippen LogP contribution < -0.4 is 0 Å². The molecule has 0 atom stereocenters. The molecule has 4 heteroatoms. The number of imidazole rings is 1. The van der Waals surface area contributed by atoms with E-state index in [1.54, 1.807) is 13.0 Å². The summed E-state index contributed by atoms with van der Waals surface area (Å²) in [4.78, 5) is 16.8. The van der Waals surface area contributed by atoms with Crippen molar-refractivity contribution in [3.05, 3.63) is 65.9 Å². The lowest BCUT2D eigenvalue weighted by Crippen LogP contribution is -1.93. The van der Waals surface area contributed by atoms with Gasteiger partial charge in [-0.25, -0.2) is 4.98 Å². The van der Waals surface area contributed by atoms with E-state index in [0.29, 0.717) is 17.1 Å². The van der Waals surface area contributed by atoms with Crippen molar-refractivity contribution in [1.29, 1.82) is 0 Å². The van der Waals surface area contributed by atoms with Crippen LogP contribution in [-0.2, 0) is 7.05 Å². The fourth-order valence-electron chi connectivity index (χ4n) is 4.01. The number of ketones is 1. The summed E-state index contributed by atoms with van der Waals surface area (Å²) in [7, 11) is 2.00. The minimum absolute atomic E-state index is 0.00263. The van der Waals surface area contributed by atoms with E-state index < -0.39 is 0 Å². The van der Waals surface area contributed by atoms with Crippen LogP contribution in [0.2, 0.25) is 0 Å². The highest BCUT2D eigenvalue weighted by Crippen LogP contribution is 2.37. The van der Waals surface area contributed by atoms with Crippen molar-refractivity contribution in [3.63, 3.8) is 0 Å². The average Bonchev–Trinajstić information content (AvgIpc) is 3.22. The van der Waals surface area contributed by atoms with Gasteiger partial charge in [-0.05, 0) is 30.7 Å². The molecule has 0 saturated heterocycles. The molecule has 27 heavy (non-hydrogen) atoms. The summed E-state index contributed by atoms with van der Waals surface area (Å²) in [5.74, 6) is 1.96. The van der Waals surface area contributed by atoms with E-state index in [0.717, 1.165) is 27.6 Å². The number of fused-ring (bicyclic) bond motifs is 6. The second-order valence-electron chi connectivity index (χ2n) is 6.92.